The van der Waals surface area contributed by atoms with Crippen molar-refractivity contribution in [3.05, 3.63) is 38.3 Å². The predicted octanol–water partition coefficient (Wildman–Crippen LogP) is -1.10. The average molecular weight is 212 g/mol. The number of hydrazine groups is 1. The highest BCUT2D eigenvalue weighted by atomic mass is 16.6. The molecule has 0 saturated heterocycles. The highest BCUT2D eigenvalue weighted by Gasteiger charge is 2.17. The van der Waals surface area contributed by atoms with Crippen LogP contribution >= 0.6 is 0 Å². The molecule has 0 aromatic carbocycles. The Labute approximate surface area is 83.4 Å². The first kappa shape index (κ1) is 10.9. The maximum Gasteiger partial charge on any atom is 0.334 e. The zero-order valence-corrected chi connectivity index (χ0v) is 7.76. The summed E-state index contributed by atoms with van der Waals surface area (Å²) in [5, 5.41) is 10.5. The monoisotopic (exact) mass is 212 g/mol. The normalized spacial score (nSPS) is 9.73. The Morgan fingerprint density at radius 1 is 1.67 bits per heavy atom. The average Bonchev–Trinajstić information content (AvgIpc) is 2.20. The van der Waals surface area contributed by atoms with Crippen molar-refractivity contribution in [1.29, 1.82) is 0 Å². The number of carbonyl (C=O) groups is 1. The standard InChI is InChI=1S/C7H8N4O4/c1-10-3-4(6(12)9-8)2-5(7(10)13)11(14)15/h2-3H,8H2,1H3,(H,9,12). The van der Waals surface area contributed by atoms with Gasteiger partial charge in [0.05, 0.1) is 10.5 Å². The lowest BCUT2D eigenvalue weighted by Gasteiger charge is -2.02. The lowest BCUT2D eigenvalue weighted by molar-refractivity contribution is -0.386. The minimum absolute atomic E-state index is 0.0497. The van der Waals surface area contributed by atoms with E-state index in [-0.39, 0.29) is 5.56 Å². The summed E-state index contributed by atoms with van der Waals surface area (Å²) in [6.45, 7) is 0. The Balaban J connectivity index is 3.43. The van der Waals surface area contributed by atoms with Crippen molar-refractivity contribution in [3.8, 4) is 0 Å². The summed E-state index contributed by atoms with van der Waals surface area (Å²) in [5.41, 5.74) is 0.316. The van der Waals surface area contributed by atoms with Gasteiger partial charge in [0.25, 0.3) is 5.91 Å². The van der Waals surface area contributed by atoms with Crippen LogP contribution in [0.5, 0.6) is 0 Å². The number of hydrogen-bond acceptors (Lipinski definition) is 5. The molecule has 0 saturated carbocycles. The van der Waals surface area contributed by atoms with Crippen LogP contribution in [0, 0.1) is 10.1 Å². The van der Waals surface area contributed by atoms with Crippen LogP contribution in [0.3, 0.4) is 0 Å². The Hall–Kier alpha value is -2.22. The van der Waals surface area contributed by atoms with Gasteiger partial charge in [0.15, 0.2) is 0 Å². The lowest BCUT2D eigenvalue weighted by atomic mass is 10.2. The minimum Gasteiger partial charge on any atom is -0.312 e. The van der Waals surface area contributed by atoms with Crippen LogP contribution in [0.1, 0.15) is 10.4 Å². The third-order valence-electron chi connectivity index (χ3n) is 1.75. The quantitative estimate of drug-likeness (QED) is 0.279. The predicted molar refractivity (Wildman–Crippen MR) is 50.0 cm³/mol. The summed E-state index contributed by atoms with van der Waals surface area (Å²) in [5.74, 6) is 4.16. The van der Waals surface area contributed by atoms with E-state index in [1.165, 1.54) is 7.05 Å². The molecule has 3 N–H and O–H groups in total. The third-order valence-corrected chi connectivity index (χ3v) is 1.75. The van der Waals surface area contributed by atoms with E-state index in [0.717, 1.165) is 16.8 Å². The first-order chi connectivity index (χ1) is 6.97. The molecule has 15 heavy (non-hydrogen) atoms. The van der Waals surface area contributed by atoms with Gasteiger partial charge in [0.2, 0.25) is 0 Å². The zero-order valence-electron chi connectivity index (χ0n) is 7.76. The highest BCUT2D eigenvalue weighted by molar-refractivity contribution is 5.93. The van der Waals surface area contributed by atoms with Crippen molar-refractivity contribution in [3.63, 3.8) is 0 Å². The SMILES string of the molecule is Cn1cc(C(=O)NN)cc([N+](=O)[O-])c1=O. The van der Waals surface area contributed by atoms with Crippen molar-refractivity contribution in [2.45, 2.75) is 0 Å². The van der Waals surface area contributed by atoms with Gasteiger partial charge in [0.1, 0.15) is 0 Å². The summed E-state index contributed by atoms with van der Waals surface area (Å²) >= 11 is 0. The number of nitrogens with two attached hydrogens (primary N) is 1. The molecule has 80 valence electrons. The molecule has 0 aliphatic rings. The van der Waals surface area contributed by atoms with Gasteiger partial charge in [-0.25, -0.2) is 5.84 Å². The van der Waals surface area contributed by atoms with Gasteiger partial charge < -0.3 is 4.57 Å². The van der Waals surface area contributed by atoms with Crippen LogP contribution in [0.4, 0.5) is 5.69 Å². The molecule has 1 aromatic rings. The summed E-state index contributed by atoms with van der Waals surface area (Å²) in [7, 11) is 1.31. The number of rotatable bonds is 2. The first-order valence-electron chi connectivity index (χ1n) is 3.83. The molecule has 0 aliphatic heterocycles. The van der Waals surface area contributed by atoms with Gasteiger partial charge in [-0.05, 0) is 0 Å². The summed E-state index contributed by atoms with van der Waals surface area (Å²) in [4.78, 5) is 31.9. The fourth-order valence-electron chi connectivity index (χ4n) is 1.03. The number of carbonyl (C=O) groups excluding carboxylic acids is 1. The van der Waals surface area contributed by atoms with Crippen LogP contribution in [0.2, 0.25) is 0 Å². The molecular formula is C7H8N4O4. The van der Waals surface area contributed by atoms with Crippen molar-refractivity contribution in [2.24, 2.45) is 12.9 Å². The smallest absolute Gasteiger partial charge is 0.312 e. The molecule has 1 amide bonds. The molecule has 0 bridgehead atoms. The number of pyridine rings is 1. The van der Waals surface area contributed by atoms with Crippen molar-refractivity contribution in [2.75, 3.05) is 0 Å². The topological polar surface area (TPSA) is 120 Å². The fraction of sp³-hybridized carbons (Fsp3) is 0.143. The fourth-order valence-corrected chi connectivity index (χ4v) is 1.03. The molecular weight excluding hydrogens is 204 g/mol. The Morgan fingerprint density at radius 2 is 2.27 bits per heavy atom. The van der Waals surface area contributed by atoms with Crippen LogP contribution < -0.4 is 16.8 Å². The largest absolute Gasteiger partial charge is 0.334 e. The number of hydrogen-bond donors (Lipinski definition) is 2. The molecule has 8 heteroatoms. The van der Waals surface area contributed by atoms with E-state index in [9.17, 15) is 19.7 Å². The van der Waals surface area contributed by atoms with Crippen LogP contribution in [0.15, 0.2) is 17.1 Å². The van der Waals surface area contributed by atoms with E-state index in [0.29, 0.717) is 0 Å². The second-order valence-corrected chi connectivity index (χ2v) is 2.76. The van der Waals surface area contributed by atoms with E-state index in [1.807, 2.05) is 5.43 Å². The van der Waals surface area contributed by atoms with E-state index in [2.05, 4.69) is 0 Å². The lowest BCUT2D eigenvalue weighted by Crippen LogP contribution is -2.31. The van der Waals surface area contributed by atoms with Crippen molar-refractivity contribution in [1.82, 2.24) is 9.99 Å². The molecule has 1 aromatic heterocycles. The summed E-state index contributed by atoms with van der Waals surface area (Å²) < 4.78 is 0.947. The Morgan fingerprint density at radius 3 is 2.73 bits per heavy atom. The van der Waals surface area contributed by atoms with E-state index in [4.69, 9.17) is 5.84 Å². The molecule has 0 atom stereocenters. The van der Waals surface area contributed by atoms with Gasteiger partial charge in [-0.1, -0.05) is 0 Å². The molecule has 0 radical (unpaired) electrons. The molecule has 0 spiro atoms. The number of aryl methyl sites for hydroxylation is 1. The van der Waals surface area contributed by atoms with Crippen LogP contribution in [0.25, 0.3) is 0 Å². The zero-order chi connectivity index (χ0) is 11.6. The molecule has 8 nitrogen and oxygen atoms in total. The maximum absolute atomic E-state index is 11.2. The second-order valence-electron chi connectivity index (χ2n) is 2.76. The number of nitro groups is 1. The Bertz CT molecular complexity index is 478. The van der Waals surface area contributed by atoms with E-state index >= 15 is 0 Å². The van der Waals surface area contributed by atoms with E-state index < -0.39 is 22.1 Å². The number of nitrogens with one attached hydrogen (secondary N) is 1. The maximum atomic E-state index is 11.2. The number of amides is 1. The Kier molecular flexibility index (Phi) is 2.81. The molecule has 1 heterocycles. The van der Waals surface area contributed by atoms with Gasteiger partial charge in [0, 0.05) is 19.3 Å². The first-order valence-corrected chi connectivity index (χ1v) is 3.83. The summed E-state index contributed by atoms with van der Waals surface area (Å²) in [6.07, 6.45) is 1.16. The van der Waals surface area contributed by atoms with E-state index in [1.54, 1.807) is 0 Å². The van der Waals surface area contributed by atoms with Crippen LogP contribution in [-0.2, 0) is 7.05 Å². The third kappa shape index (κ3) is 1.99. The number of nitrogens with zero attached hydrogens (tertiary/aromatic N) is 2. The minimum atomic E-state index is -0.852. The van der Waals surface area contributed by atoms with Crippen LogP contribution in [-0.4, -0.2) is 15.4 Å². The van der Waals surface area contributed by atoms with Gasteiger partial charge >= 0.3 is 11.2 Å². The summed E-state index contributed by atoms with van der Waals surface area (Å²) in [6, 6.07) is 0.879. The molecule has 0 aliphatic carbocycles. The van der Waals surface area contributed by atoms with Gasteiger partial charge in [-0.15, -0.1) is 0 Å². The van der Waals surface area contributed by atoms with Crippen molar-refractivity contribution >= 4 is 11.6 Å². The molecule has 1 rings (SSSR count). The van der Waals surface area contributed by atoms with Gasteiger partial charge in [-0.2, -0.15) is 0 Å². The van der Waals surface area contributed by atoms with Gasteiger partial charge in [-0.3, -0.25) is 25.1 Å². The highest BCUT2D eigenvalue weighted by Crippen LogP contribution is 2.06. The van der Waals surface area contributed by atoms with Crippen molar-refractivity contribution < 1.29 is 9.72 Å². The molecule has 0 fully saturated rings. The number of aromatic nitrogens is 1. The number of nitrogen functional groups attached to an aromatic ring is 1. The second kappa shape index (κ2) is 3.88. The molecule has 0 unspecified atom stereocenters.